The van der Waals surface area contributed by atoms with Gasteiger partial charge >= 0.3 is 0 Å². The summed E-state index contributed by atoms with van der Waals surface area (Å²) in [6, 6.07) is 0. The molecule has 12 heavy (non-hydrogen) atoms. The molecule has 0 fully saturated rings. The molecule has 0 bridgehead atoms. The highest BCUT2D eigenvalue weighted by Gasteiger charge is 1.96. The minimum Gasteiger partial charge on any atom is -0.293 e. The first-order valence-electron chi connectivity index (χ1n) is 4.20. The largest absolute Gasteiger partial charge is 0.293 e. The predicted octanol–water partition coefficient (Wildman–Crippen LogP) is 3.40. The summed E-state index contributed by atoms with van der Waals surface area (Å²) in [7, 11) is 0. The van der Waals surface area contributed by atoms with Crippen molar-refractivity contribution in [2.45, 2.75) is 34.6 Å². The molecule has 0 aliphatic rings. The van der Waals surface area contributed by atoms with Crippen molar-refractivity contribution in [1.29, 1.82) is 0 Å². The molecule has 1 aromatic heterocycles. The predicted molar refractivity (Wildman–Crippen MR) is 54.8 cm³/mol. The number of hydrogen-bond acceptors (Lipinski definition) is 3. The zero-order valence-corrected chi connectivity index (χ0v) is 9.23. The second kappa shape index (κ2) is 10.3. The lowest BCUT2D eigenvalue weighted by molar-refractivity contribution is 0.101. The molecule has 0 aliphatic carbocycles. The smallest absolute Gasteiger partial charge is 0.178 e. The SMILES string of the molecule is CC.CC.CC(=O)c1cscn1. The van der Waals surface area contributed by atoms with Gasteiger partial charge in [0.05, 0.1) is 5.51 Å². The summed E-state index contributed by atoms with van der Waals surface area (Å²) in [5, 5.41) is 1.74. The van der Waals surface area contributed by atoms with E-state index in [-0.39, 0.29) is 5.78 Å². The maximum absolute atomic E-state index is 10.5. The van der Waals surface area contributed by atoms with Crippen molar-refractivity contribution >= 4 is 17.1 Å². The number of thiazole rings is 1. The standard InChI is InChI=1S/C5H5NOS.2C2H6/c1-4(7)5-2-8-3-6-5;2*1-2/h2-3H,1H3;2*1-2H3. The van der Waals surface area contributed by atoms with Crippen LogP contribution in [-0.2, 0) is 0 Å². The third kappa shape index (κ3) is 6.04. The Balaban J connectivity index is 0. The molecule has 70 valence electrons. The van der Waals surface area contributed by atoms with Crippen LogP contribution in [0.25, 0.3) is 0 Å². The summed E-state index contributed by atoms with van der Waals surface area (Å²) in [6.45, 7) is 9.51. The summed E-state index contributed by atoms with van der Waals surface area (Å²) in [4.78, 5) is 14.2. The average molecular weight is 187 g/mol. The van der Waals surface area contributed by atoms with E-state index in [4.69, 9.17) is 0 Å². The van der Waals surface area contributed by atoms with Crippen LogP contribution >= 0.6 is 11.3 Å². The minimum atomic E-state index is 0.0336. The number of nitrogens with zero attached hydrogens (tertiary/aromatic N) is 1. The maximum Gasteiger partial charge on any atom is 0.178 e. The molecule has 0 amide bonds. The molecule has 1 aromatic rings. The van der Waals surface area contributed by atoms with Gasteiger partial charge in [0, 0.05) is 12.3 Å². The second-order valence-corrected chi connectivity index (χ2v) is 2.15. The first-order valence-corrected chi connectivity index (χ1v) is 5.14. The van der Waals surface area contributed by atoms with E-state index < -0.39 is 0 Å². The number of Topliss-reactive ketones (excluding diaryl/α,β-unsaturated/α-hetero) is 1. The Labute approximate surface area is 78.7 Å². The van der Waals surface area contributed by atoms with Crippen LogP contribution in [0.4, 0.5) is 0 Å². The first kappa shape index (κ1) is 13.9. The molecule has 1 heterocycles. The summed E-state index contributed by atoms with van der Waals surface area (Å²) < 4.78 is 0. The fourth-order valence-corrected chi connectivity index (χ4v) is 0.977. The Kier molecular flexibility index (Phi) is 11.9. The Morgan fingerprint density at radius 2 is 1.83 bits per heavy atom. The Morgan fingerprint density at radius 1 is 1.33 bits per heavy atom. The van der Waals surface area contributed by atoms with Crippen LogP contribution in [0.15, 0.2) is 10.9 Å². The van der Waals surface area contributed by atoms with Crippen molar-refractivity contribution in [2.75, 3.05) is 0 Å². The van der Waals surface area contributed by atoms with Gasteiger partial charge in [0.25, 0.3) is 0 Å². The van der Waals surface area contributed by atoms with Crippen molar-refractivity contribution in [2.24, 2.45) is 0 Å². The van der Waals surface area contributed by atoms with Gasteiger partial charge < -0.3 is 0 Å². The van der Waals surface area contributed by atoms with Gasteiger partial charge in [0.2, 0.25) is 0 Å². The second-order valence-electron chi connectivity index (χ2n) is 1.43. The van der Waals surface area contributed by atoms with Crippen molar-refractivity contribution in [3.63, 3.8) is 0 Å². The van der Waals surface area contributed by atoms with Crippen LogP contribution in [0.5, 0.6) is 0 Å². The summed E-state index contributed by atoms with van der Waals surface area (Å²) in [5.41, 5.74) is 2.21. The quantitative estimate of drug-likeness (QED) is 0.631. The highest BCUT2D eigenvalue weighted by molar-refractivity contribution is 7.07. The zero-order valence-electron chi connectivity index (χ0n) is 8.42. The molecule has 0 radical (unpaired) electrons. The third-order valence-electron chi connectivity index (χ3n) is 0.793. The fourth-order valence-electron chi connectivity index (χ4n) is 0.386. The molecule has 0 aromatic carbocycles. The normalized spacial score (nSPS) is 7.08. The van der Waals surface area contributed by atoms with Crippen LogP contribution < -0.4 is 0 Å². The molecule has 0 saturated carbocycles. The first-order chi connectivity index (χ1) is 5.80. The van der Waals surface area contributed by atoms with Crippen LogP contribution in [0.3, 0.4) is 0 Å². The van der Waals surface area contributed by atoms with Gasteiger partial charge in [-0.1, -0.05) is 27.7 Å². The lowest BCUT2D eigenvalue weighted by Crippen LogP contribution is -1.89. The molecule has 0 saturated heterocycles. The Morgan fingerprint density at radius 3 is 2.00 bits per heavy atom. The van der Waals surface area contributed by atoms with Gasteiger partial charge in [-0.25, -0.2) is 4.98 Å². The molecule has 0 spiro atoms. The molecule has 2 nitrogen and oxygen atoms in total. The molecule has 0 aliphatic heterocycles. The molecule has 0 atom stereocenters. The highest BCUT2D eigenvalue weighted by atomic mass is 32.1. The van der Waals surface area contributed by atoms with Crippen LogP contribution in [0.2, 0.25) is 0 Å². The monoisotopic (exact) mass is 187 g/mol. The third-order valence-corrected chi connectivity index (χ3v) is 1.38. The van der Waals surface area contributed by atoms with Gasteiger partial charge in [-0.05, 0) is 0 Å². The molecule has 0 unspecified atom stereocenters. The lowest BCUT2D eigenvalue weighted by Gasteiger charge is -1.78. The highest BCUT2D eigenvalue weighted by Crippen LogP contribution is 1.99. The topological polar surface area (TPSA) is 30.0 Å². The van der Waals surface area contributed by atoms with E-state index >= 15 is 0 Å². The average Bonchev–Trinajstić information content (AvgIpc) is 2.64. The minimum absolute atomic E-state index is 0.0336. The van der Waals surface area contributed by atoms with Crippen molar-refractivity contribution in [1.82, 2.24) is 4.98 Å². The molecule has 1 rings (SSSR count). The van der Waals surface area contributed by atoms with E-state index in [1.165, 1.54) is 18.3 Å². The Hall–Kier alpha value is -0.700. The summed E-state index contributed by atoms with van der Waals surface area (Å²) >= 11 is 1.44. The van der Waals surface area contributed by atoms with Gasteiger partial charge in [-0.15, -0.1) is 11.3 Å². The lowest BCUT2D eigenvalue weighted by atomic mass is 10.4. The summed E-state index contributed by atoms with van der Waals surface area (Å²) in [6.07, 6.45) is 0. The maximum atomic E-state index is 10.5. The van der Waals surface area contributed by atoms with Gasteiger partial charge in [0.15, 0.2) is 5.78 Å². The Bertz CT molecular complexity index is 182. The van der Waals surface area contributed by atoms with Crippen molar-refractivity contribution in [3.05, 3.63) is 16.6 Å². The van der Waals surface area contributed by atoms with Crippen LogP contribution in [0, 0.1) is 0 Å². The summed E-state index contributed by atoms with van der Waals surface area (Å²) in [5.74, 6) is 0.0336. The fraction of sp³-hybridized carbons (Fsp3) is 0.556. The van der Waals surface area contributed by atoms with E-state index in [0.29, 0.717) is 5.69 Å². The van der Waals surface area contributed by atoms with Crippen LogP contribution in [0.1, 0.15) is 45.1 Å². The van der Waals surface area contributed by atoms with Gasteiger partial charge in [-0.2, -0.15) is 0 Å². The number of ketones is 1. The number of carbonyl (C=O) groups excluding carboxylic acids is 1. The van der Waals surface area contributed by atoms with Crippen LogP contribution in [-0.4, -0.2) is 10.8 Å². The molecular weight excluding hydrogens is 170 g/mol. The van der Waals surface area contributed by atoms with E-state index in [0.717, 1.165) is 0 Å². The van der Waals surface area contributed by atoms with E-state index in [9.17, 15) is 4.79 Å². The van der Waals surface area contributed by atoms with Gasteiger partial charge in [-0.3, -0.25) is 4.79 Å². The van der Waals surface area contributed by atoms with Crippen molar-refractivity contribution in [3.8, 4) is 0 Å². The number of hydrogen-bond donors (Lipinski definition) is 0. The zero-order chi connectivity index (χ0) is 9.98. The van der Waals surface area contributed by atoms with E-state index in [2.05, 4.69) is 4.98 Å². The number of aromatic nitrogens is 1. The number of carbonyl (C=O) groups is 1. The van der Waals surface area contributed by atoms with Crippen molar-refractivity contribution < 1.29 is 4.79 Å². The van der Waals surface area contributed by atoms with E-state index in [1.54, 1.807) is 10.9 Å². The van der Waals surface area contributed by atoms with Gasteiger partial charge in [0.1, 0.15) is 5.69 Å². The van der Waals surface area contributed by atoms with E-state index in [1.807, 2.05) is 27.7 Å². The molecule has 0 N–H and O–H groups in total. The number of rotatable bonds is 1. The molecule has 3 heteroatoms. The molecular formula is C9H17NOS.